The van der Waals surface area contributed by atoms with E-state index in [1.165, 1.54) is 6.92 Å². The van der Waals surface area contributed by atoms with Gasteiger partial charge in [0.05, 0.1) is 5.56 Å². The second-order valence-electron chi connectivity index (χ2n) is 5.99. The predicted octanol–water partition coefficient (Wildman–Crippen LogP) is 1.69. The van der Waals surface area contributed by atoms with Crippen molar-refractivity contribution in [3.8, 4) is 0 Å². The molecule has 1 heterocycles. The summed E-state index contributed by atoms with van der Waals surface area (Å²) in [5, 5.41) is 1.75. The molecule has 25 heavy (non-hydrogen) atoms. The molecule has 2 aromatic rings. The molecule has 1 saturated heterocycles. The van der Waals surface area contributed by atoms with Gasteiger partial charge in [0.15, 0.2) is 6.61 Å². The Hall–Kier alpha value is -2.89. The van der Waals surface area contributed by atoms with Gasteiger partial charge in [-0.3, -0.25) is 9.59 Å². The number of rotatable bonds is 3. The number of hydrogen-bond acceptors (Lipinski definition) is 4. The quantitative estimate of drug-likeness (QED) is 0.798. The number of amides is 2. The van der Waals surface area contributed by atoms with Gasteiger partial charge in [0, 0.05) is 33.1 Å². The van der Waals surface area contributed by atoms with E-state index in [4.69, 9.17) is 4.74 Å². The highest BCUT2D eigenvalue weighted by atomic mass is 16.5. The third-order valence-corrected chi connectivity index (χ3v) is 4.41. The smallest absolute Gasteiger partial charge is 0.339 e. The maximum absolute atomic E-state index is 12.3. The van der Waals surface area contributed by atoms with Gasteiger partial charge in [0.2, 0.25) is 5.91 Å². The molecule has 3 rings (SSSR count). The van der Waals surface area contributed by atoms with Gasteiger partial charge in [-0.15, -0.1) is 0 Å². The van der Waals surface area contributed by atoms with Gasteiger partial charge in [-0.25, -0.2) is 4.79 Å². The molecule has 0 spiro atoms. The van der Waals surface area contributed by atoms with Crippen LogP contribution in [-0.2, 0) is 14.3 Å². The van der Waals surface area contributed by atoms with Crippen molar-refractivity contribution >= 4 is 28.6 Å². The molecule has 2 amide bonds. The minimum atomic E-state index is -0.507. The summed E-state index contributed by atoms with van der Waals surface area (Å²) in [7, 11) is 0. The third-order valence-electron chi connectivity index (χ3n) is 4.41. The van der Waals surface area contributed by atoms with Crippen molar-refractivity contribution in [2.24, 2.45) is 0 Å². The lowest BCUT2D eigenvalue weighted by Gasteiger charge is -2.34. The molecule has 1 aliphatic heterocycles. The fourth-order valence-corrected chi connectivity index (χ4v) is 2.97. The van der Waals surface area contributed by atoms with E-state index in [9.17, 15) is 14.4 Å². The SMILES string of the molecule is CC(=O)N1CCN(C(=O)COC(=O)c2cccc3ccccc23)CC1. The molecule has 1 aliphatic rings. The number of esters is 1. The first-order valence-electron chi connectivity index (χ1n) is 8.24. The first kappa shape index (κ1) is 17.0. The second kappa shape index (κ2) is 7.34. The highest BCUT2D eigenvalue weighted by Gasteiger charge is 2.23. The Morgan fingerprint density at radius 3 is 2.28 bits per heavy atom. The Kier molecular flexibility index (Phi) is 4.97. The Labute approximate surface area is 146 Å². The zero-order valence-corrected chi connectivity index (χ0v) is 14.1. The molecule has 0 atom stereocenters. The predicted molar refractivity (Wildman–Crippen MR) is 93.1 cm³/mol. The van der Waals surface area contributed by atoms with Crippen LogP contribution >= 0.6 is 0 Å². The summed E-state index contributed by atoms with van der Waals surface area (Å²) in [5.41, 5.74) is 0.451. The molecular formula is C19H20N2O4. The number of carbonyl (C=O) groups excluding carboxylic acids is 3. The van der Waals surface area contributed by atoms with Crippen LogP contribution < -0.4 is 0 Å². The Bertz CT molecular complexity index is 805. The topological polar surface area (TPSA) is 66.9 Å². The molecule has 6 nitrogen and oxygen atoms in total. The van der Waals surface area contributed by atoms with Crippen LogP contribution in [0.3, 0.4) is 0 Å². The number of benzene rings is 2. The summed E-state index contributed by atoms with van der Waals surface area (Å²) in [5.74, 6) is -0.737. The van der Waals surface area contributed by atoms with E-state index < -0.39 is 5.97 Å². The maximum atomic E-state index is 12.3. The van der Waals surface area contributed by atoms with Crippen LogP contribution in [0.5, 0.6) is 0 Å². The molecule has 2 aromatic carbocycles. The summed E-state index contributed by atoms with van der Waals surface area (Å²) >= 11 is 0. The summed E-state index contributed by atoms with van der Waals surface area (Å²) in [6.07, 6.45) is 0. The summed E-state index contributed by atoms with van der Waals surface area (Å²) in [4.78, 5) is 39.2. The Morgan fingerprint density at radius 1 is 0.920 bits per heavy atom. The molecule has 0 saturated carbocycles. The molecule has 0 bridgehead atoms. The lowest BCUT2D eigenvalue weighted by atomic mass is 10.1. The number of carbonyl (C=O) groups is 3. The van der Waals surface area contributed by atoms with Crippen molar-refractivity contribution in [2.45, 2.75) is 6.92 Å². The van der Waals surface area contributed by atoms with Crippen molar-refractivity contribution in [1.82, 2.24) is 9.80 Å². The van der Waals surface area contributed by atoms with Crippen LogP contribution in [0.15, 0.2) is 42.5 Å². The van der Waals surface area contributed by atoms with Crippen molar-refractivity contribution in [1.29, 1.82) is 0 Å². The van der Waals surface area contributed by atoms with E-state index in [0.29, 0.717) is 31.7 Å². The number of piperazine rings is 1. The van der Waals surface area contributed by atoms with Gasteiger partial charge >= 0.3 is 5.97 Å². The van der Waals surface area contributed by atoms with Crippen LogP contribution in [-0.4, -0.2) is 60.4 Å². The first-order valence-corrected chi connectivity index (χ1v) is 8.24. The fraction of sp³-hybridized carbons (Fsp3) is 0.316. The third kappa shape index (κ3) is 3.79. The molecule has 0 N–H and O–H groups in total. The highest BCUT2D eigenvalue weighted by Crippen LogP contribution is 2.19. The van der Waals surface area contributed by atoms with Crippen LogP contribution in [0.1, 0.15) is 17.3 Å². The maximum Gasteiger partial charge on any atom is 0.339 e. The lowest BCUT2D eigenvalue weighted by Crippen LogP contribution is -2.51. The largest absolute Gasteiger partial charge is 0.452 e. The van der Waals surface area contributed by atoms with Gasteiger partial charge in [-0.1, -0.05) is 36.4 Å². The van der Waals surface area contributed by atoms with E-state index in [0.717, 1.165) is 10.8 Å². The average molecular weight is 340 g/mol. The summed E-state index contributed by atoms with van der Waals surface area (Å²) in [6, 6.07) is 13.0. The molecule has 1 fully saturated rings. The number of ether oxygens (including phenoxy) is 1. The van der Waals surface area contributed by atoms with Gasteiger partial charge in [-0.2, -0.15) is 0 Å². The van der Waals surface area contributed by atoms with Gasteiger partial charge in [0.1, 0.15) is 0 Å². The Morgan fingerprint density at radius 2 is 1.56 bits per heavy atom. The first-order chi connectivity index (χ1) is 12.1. The van der Waals surface area contributed by atoms with Crippen molar-refractivity contribution < 1.29 is 19.1 Å². The molecule has 0 aromatic heterocycles. The van der Waals surface area contributed by atoms with E-state index >= 15 is 0 Å². The van der Waals surface area contributed by atoms with Crippen molar-refractivity contribution in [3.05, 3.63) is 48.0 Å². The normalized spacial score (nSPS) is 14.4. The minimum Gasteiger partial charge on any atom is -0.452 e. The van der Waals surface area contributed by atoms with Gasteiger partial charge in [-0.05, 0) is 16.8 Å². The highest BCUT2D eigenvalue weighted by molar-refractivity contribution is 6.04. The summed E-state index contributed by atoms with van der Waals surface area (Å²) in [6.45, 7) is 3.18. The number of nitrogens with zero attached hydrogens (tertiary/aromatic N) is 2. The van der Waals surface area contributed by atoms with Crippen molar-refractivity contribution in [3.63, 3.8) is 0 Å². The molecule has 0 unspecified atom stereocenters. The average Bonchev–Trinajstić information content (AvgIpc) is 2.65. The monoisotopic (exact) mass is 340 g/mol. The number of fused-ring (bicyclic) bond motifs is 1. The number of hydrogen-bond donors (Lipinski definition) is 0. The second-order valence-corrected chi connectivity index (χ2v) is 5.99. The van der Waals surface area contributed by atoms with Crippen molar-refractivity contribution in [2.75, 3.05) is 32.8 Å². The van der Waals surface area contributed by atoms with E-state index in [2.05, 4.69) is 0 Å². The molecular weight excluding hydrogens is 320 g/mol. The van der Waals surface area contributed by atoms with Crippen LogP contribution in [0.25, 0.3) is 10.8 Å². The van der Waals surface area contributed by atoms with Gasteiger partial charge < -0.3 is 14.5 Å². The van der Waals surface area contributed by atoms with Gasteiger partial charge in [0.25, 0.3) is 5.91 Å². The zero-order chi connectivity index (χ0) is 17.8. The minimum absolute atomic E-state index is 0.00878. The fourth-order valence-electron chi connectivity index (χ4n) is 2.97. The van der Waals surface area contributed by atoms with E-state index in [1.54, 1.807) is 21.9 Å². The zero-order valence-electron chi connectivity index (χ0n) is 14.1. The summed E-state index contributed by atoms with van der Waals surface area (Å²) < 4.78 is 5.21. The standard InChI is InChI=1S/C19H20N2O4/c1-14(22)20-9-11-21(12-10-20)18(23)13-25-19(24)17-8-4-6-15-5-2-3-7-16(15)17/h2-8H,9-13H2,1H3. The van der Waals surface area contributed by atoms with E-state index in [-0.39, 0.29) is 18.4 Å². The molecule has 130 valence electrons. The van der Waals surface area contributed by atoms with Crippen LogP contribution in [0, 0.1) is 0 Å². The lowest BCUT2D eigenvalue weighted by molar-refractivity contribution is -0.140. The van der Waals surface area contributed by atoms with Crippen LogP contribution in [0.2, 0.25) is 0 Å². The molecule has 6 heteroatoms. The molecule has 0 aliphatic carbocycles. The van der Waals surface area contributed by atoms with E-state index in [1.807, 2.05) is 30.3 Å². The Balaban J connectivity index is 1.59. The molecule has 0 radical (unpaired) electrons. The van der Waals surface area contributed by atoms with Crippen LogP contribution in [0.4, 0.5) is 0 Å².